The van der Waals surface area contributed by atoms with Gasteiger partial charge in [-0.15, -0.1) is 0 Å². The Hall–Kier alpha value is -1.93. The summed E-state index contributed by atoms with van der Waals surface area (Å²) < 4.78 is 55.7. The maximum atomic E-state index is 14.2. The van der Waals surface area contributed by atoms with Crippen LogP contribution in [0.3, 0.4) is 0 Å². The first-order valence-corrected chi connectivity index (χ1v) is 13.2. The number of aliphatic hydroxyl groups is 1. The molecule has 3 atom stereocenters. The maximum Gasteiger partial charge on any atom is 0.418 e. The van der Waals surface area contributed by atoms with Crippen molar-refractivity contribution < 1.29 is 37.3 Å². The molecule has 1 aliphatic heterocycles. The number of halogens is 4. The van der Waals surface area contributed by atoms with Crippen molar-refractivity contribution in [2.24, 2.45) is 5.92 Å². The molecule has 1 unspecified atom stereocenters. The zero-order chi connectivity index (χ0) is 27.5. The quantitative estimate of drug-likeness (QED) is 0.285. The fraction of sp³-hybridized carbons (Fsp3) is 0.640. The number of Topliss-reactive ketones (excluding diaryl/α,β-unsaturated/α-hetero) is 1. The molecule has 2 heterocycles. The van der Waals surface area contributed by atoms with Gasteiger partial charge < -0.3 is 24.5 Å². The number of esters is 1. The Kier molecular flexibility index (Phi) is 7.34. The Labute approximate surface area is 226 Å². The lowest BCUT2D eigenvalue weighted by Gasteiger charge is -2.42. The molecular weight excluding hydrogens is 606 g/mol. The minimum atomic E-state index is -4.68. The van der Waals surface area contributed by atoms with Crippen molar-refractivity contribution in [3.63, 3.8) is 0 Å². The van der Waals surface area contributed by atoms with Crippen LogP contribution < -0.4 is 10.1 Å². The van der Waals surface area contributed by atoms with E-state index >= 15 is 0 Å². The number of nitrogens with one attached hydrogen (secondary N) is 1. The molecular formula is C25H31F3IN3O5. The number of carbonyl (C=O) groups is 2. The van der Waals surface area contributed by atoms with Crippen molar-refractivity contribution in [2.75, 3.05) is 6.61 Å². The predicted octanol–water partition coefficient (Wildman–Crippen LogP) is 4.40. The molecule has 2 aromatic rings. The lowest BCUT2D eigenvalue weighted by molar-refractivity contribution is -0.165. The van der Waals surface area contributed by atoms with Crippen molar-refractivity contribution in [1.29, 1.82) is 0 Å². The highest BCUT2D eigenvalue weighted by atomic mass is 127. The first-order chi connectivity index (χ1) is 17.0. The Balaban J connectivity index is 1.65. The van der Waals surface area contributed by atoms with Crippen LogP contribution in [0, 0.1) is 9.49 Å². The summed E-state index contributed by atoms with van der Waals surface area (Å²) in [5.74, 6) is -2.17. The van der Waals surface area contributed by atoms with Gasteiger partial charge in [0.15, 0.2) is 0 Å². The van der Waals surface area contributed by atoms with E-state index in [1.54, 1.807) is 34.6 Å². The Morgan fingerprint density at radius 1 is 1.32 bits per heavy atom. The van der Waals surface area contributed by atoms with Gasteiger partial charge in [0, 0.05) is 18.5 Å². The average molecular weight is 637 g/mol. The summed E-state index contributed by atoms with van der Waals surface area (Å²) in [6, 6.07) is -0.364. The number of imidazole rings is 1. The molecule has 0 radical (unpaired) electrons. The molecule has 4 rings (SSSR count). The van der Waals surface area contributed by atoms with E-state index in [1.165, 1.54) is 10.9 Å². The number of fused-ring (bicyclic) bond motifs is 1. The van der Waals surface area contributed by atoms with Gasteiger partial charge in [-0.2, -0.15) is 13.2 Å². The third-order valence-corrected chi connectivity index (χ3v) is 7.67. The second-order valence-electron chi connectivity index (χ2n) is 11.3. The first-order valence-electron chi connectivity index (χ1n) is 12.1. The minimum absolute atomic E-state index is 0.0401. The predicted molar refractivity (Wildman–Crippen MR) is 137 cm³/mol. The molecule has 1 saturated heterocycles. The van der Waals surface area contributed by atoms with E-state index < -0.39 is 40.9 Å². The summed E-state index contributed by atoms with van der Waals surface area (Å²) in [5.41, 5.74) is -2.53. The number of alkyl halides is 3. The molecule has 0 amide bonds. The molecule has 8 nitrogen and oxygen atoms in total. The van der Waals surface area contributed by atoms with Crippen LogP contribution in [0.1, 0.15) is 65.5 Å². The number of ether oxygens (including phenoxy) is 2. The lowest BCUT2D eigenvalue weighted by Crippen LogP contribution is -2.57. The number of benzene rings is 1. The van der Waals surface area contributed by atoms with E-state index in [0.29, 0.717) is 16.4 Å². The number of carbonyl (C=O) groups excluding carboxylic acids is 2. The van der Waals surface area contributed by atoms with Gasteiger partial charge in [0.1, 0.15) is 35.2 Å². The number of rotatable bonds is 5. The van der Waals surface area contributed by atoms with Crippen molar-refractivity contribution in [3.8, 4) is 5.75 Å². The van der Waals surface area contributed by atoms with Gasteiger partial charge in [-0.05, 0) is 76.1 Å². The zero-order valence-corrected chi connectivity index (χ0v) is 23.4. The van der Waals surface area contributed by atoms with E-state index in [0.717, 1.165) is 6.07 Å². The number of hydrogen-bond acceptors (Lipinski definition) is 7. The van der Waals surface area contributed by atoms with Gasteiger partial charge in [0.25, 0.3) is 0 Å². The smallest absolute Gasteiger partial charge is 0.418 e. The number of nitrogens with zero attached hydrogens (tertiary/aromatic N) is 2. The summed E-state index contributed by atoms with van der Waals surface area (Å²) in [5, 5.41) is 13.3. The molecule has 1 aliphatic carbocycles. The standard InChI is InChI=1S/C25H31F3IN3O5/c1-12-6-16(33)18(22(34)37-23(2,3)4)15(31-12)10-36-17-7-14(25(26,27)28)21-20(19(17)29)30-11-32(21)13-8-24(5,35)9-13/h7,11-13,15,18,31,35H,6,8-10H2,1-5H3/t12-,13?,15+,18?,24?/m0/s1. The Morgan fingerprint density at radius 3 is 2.54 bits per heavy atom. The second kappa shape index (κ2) is 9.67. The Bertz CT molecular complexity index is 1210. The summed E-state index contributed by atoms with van der Waals surface area (Å²) >= 11 is 1.90. The monoisotopic (exact) mass is 637 g/mol. The number of piperidine rings is 1. The molecule has 1 aromatic carbocycles. The molecule has 2 aliphatic rings. The minimum Gasteiger partial charge on any atom is -0.491 e. The largest absolute Gasteiger partial charge is 0.491 e. The molecule has 12 heteroatoms. The van der Waals surface area contributed by atoms with Gasteiger partial charge in [-0.25, -0.2) is 4.98 Å². The van der Waals surface area contributed by atoms with E-state index in [4.69, 9.17) is 9.47 Å². The van der Waals surface area contributed by atoms with Gasteiger partial charge in [-0.3, -0.25) is 9.59 Å². The highest BCUT2D eigenvalue weighted by Crippen LogP contribution is 2.46. The van der Waals surface area contributed by atoms with Crippen LogP contribution >= 0.6 is 22.6 Å². The number of hydrogen-bond donors (Lipinski definition) is 2. The number of ketones is 1. The lowest BCUT2D eigenvalue weighted by atomic mass is 9.77. The first kappa shape index (κ1) is 28.1. The fourth-order valence-corrected chi connectivity index (χ4v) is 5.78. The van der Waals surface area contributed by atoms with Crippen molar-refractivity contribution in [1.82, 2.24) is 14.9 Å². The average Bonchev–Trinajstić information content (AvgIpc) is 3.13. The molecule has 0 bridgehead atoms. The molecule has 1 aromatic heterocycles. The van der Waals surface area contributed by atoms with Gasteiger partial charge >= 0.3 is 12.1 Å². The van der Waals surface area contributed by atoms with Crippen molar-refractivity contribution >= 4 is 45.4 Å². The second-order valence-corrected chi connectivity index (χ2v) is 12.4. The molecule has 2 fully saturated rings. The van der Waals surface area contributed by atoms with Gasteiger partial charge in [0.05, 0.1) is 32.6 Å². The normalized spacial score (nSPS) is 28.8. The topological polar surface area (TPSA) is 103 Å². The Morgan fingerprint density at radius 2 is 1.97 bits per heavy atom. The molecule has 2 N–H and O–H groups in total. The summed E-state index contributed by atoms with van der Waals surface area (Å²) in [7, 11) is 0. The van der Waals surface area contributed by atoms with Gasteiger partial charge in [0.2, 0.25) is 0 Å². The van der Waals surface area contributed by atoms with E-state index in [9.17, 15) is 27.9 Å². The van der Waals surface area contributed by atoms with Crippen molar-refractivity contribution in [3.05, 3.63) is 21.5 Å². The molecule has 37 heavy (non-hydrogen) atoms. The maximum absolute atomic E-state index is 14.2. The summed E-state index contributed by atoms with van der Waals surface area (Å²) in [6.07, 6.45) is -2.52. The molecule has 1 saturated carbocycles. The zero-order valence-electron chi connectivity index (χ0n) is 21.3. The van der Waals surface area contributed by atoms with E-state index in [1.807, 2.05) is 22.6 Å². The van der Waals surface area contributed by atoms with Crippen LogP contribution in [0.25, 0.3) is 11.0 Å². The summed E-state index contributed by atoms with van der Waals surface area (Å²) in [6.45, 7) is 8.31. The van der Waals surface area contributed by atoms with Crippen molar-refractivity contribution in [2.45, 2.75) is 89.4 Å². The third-order valence-electron chi connectivity index (χ3n) is 6.63. The third kappa shape index (κ3) is 5.90. The van der Waals surface area contributed by atoms with Crippen LogP contribution in [0.5, 0.6) is 5.75 Å². The fourth-order valence-electron chi connectivity index (χ4n) is 5.08. The van der Waals surface area contributed by atoms with Crippen LogP contribution in [0.2, 0.25) is 0 Å². The van der Waals surface area contributed by atoms with Gasteiger partial charge in [-0.1, -0.05) is 0 Å². The highest BCUT2D eigenvalue weighted by molar-refractivity contribution is 14.1. The molecule has 0 spiro atoms. The van der Waals surface area contributed by atoms with Crippen LogP contribution in [0.15, 0.2) is 12.4 Å². The van der Waals surface area contributed by atoms with Crippen LogP contribution in [0.4, 0.5) is 13.2 Å². The highest BCUT2D eigenvalue weighted by Gasteiger charge is 2.44. The summed E-state index contributed by atoms with van der Waals surface area (Å²) in [4.78, 5) is 29.8. The van der Waals surface area contributed by atoms with E-state index in [-0.39, 0.29) is 47.7 Å². The van der Waals surface area contributed by atoms with Crippen LogP contribution in [-0.4, -0.2) is 56.3 Å². The number of aromatic nitrogens is 2. The van der Waals surface area contributed by atoms with Crippen LogP contribution in [-0.2, 0) is 20.5 Å². The SMILES string of the molecule is C[C@H]1CC(=O)C(C(=O)OC(C)(C)C)[C@@H](COc2cc(C(F)(F)F)c3c(ncn3C3CC(C)(O)C3)c2I)N1. The molecule has 204 valence electrons. The van der Waals surface area contributed by atoms with E-state index in [2.05, 4.69) is 10.3 Å².